The van der Waals surface area contributed by atoms with Crippen LogP contribution >= 0.6 is 11.3 Å². The molecule has 1 aliphatic rings. The molecule has 0 unspecified atom stereocenters. The molecule has 0 bridgehead atoms. The van der Waals surface area contributed by atoms with Gasteiger partial charge in [-0.05, 0) is 44.3 Å². The van der Waals surface area contributed by atoms with Gasteiger partial charge in [0, 0.05) is 18.1 Å². The Labute approximate surface area is 146 Å². The molecule has 1 aliphatic heterocycles. The number of hydrogen-bond donors (Lipinski definition) is 1. The highest BCUT2D eigenvalue weighted by Crippen LogP contribution is 2.31. The van der Waals surface area contributed by atoms with Crippen LogP contribution < -0.4 is 0 Å². The molecular weight excluding hydrogens is 318 g/mol. The number of fused-ring (bicyclic) bond motifs is 1. The molecule has 0 aliphatic carbocycles. The van der Waals surface area contributed by atoms with E-state index in [-0.39, 0.29) is 6.10 Å². The molecule has 3 aromatic rings. The lowest BCUT2D eigenvalue weighted by molar-refractivity contribution is 0.0563. The second kappa shape index (κ2) is 6.67. The van der Waals surface area contributed by atoms with E-state index < -0.39 is 0 Å². The lowest BCUT2D eigenvalue weighted by Crippen LogP contribution is -2.35. The van der Waals surface area contributed by atoms with Gasteiger partial charge < -0.3 is 5.11 Å². The van der Waals surface area contributed by atoms with E-state index in [0.29, 0.717) is 5.92 Å². The van der Waals surface area contributed by atoms with Crippen LogP contribution in [0.3, 0.4) is 0 Å². The van der Waals surface area contributed by atoms with Gasteiger partial charge in [-0.15, -0.1) is 11.3 Å². The van der Waals surface area contributed by atoms with Gasteiger partial charge in [0.25, 0.3) is 0 Å². The number of aromatic nitrogens is 2. The first-order valence-electron chi connectivity index (χ1n) is 8.59. The summed E-state index contributed by atoms with van der Waals surface area (Å²) in [6, 6.07) is 10.1. The molecule has 2 aromatic heterocycles. The van der Waals surface area contributed by atoms with Crippen molar-refractivity contribution >= 4 is 16.3 Å². The number of piperidine rings is 1. The zero-order valence-electron chi connectivity index (χ0n) is 13.9. The number of benzene rings is 1. The van der Waals surface area contributed by atoms with Crippen molar-refractivity contribution in [3.05, 3.63) is 58.9 Å². The Kier molecular flexibility index (Phi) is 4.39. The summed E-state index contributed by atoms with van der Waals surface area (Å²) in [5.74, 6) is 0.358. The van der Waals surface area contributed by atoms with Gasteiger partial charge in [0.15, 0.2) is 4.96 Å². The predicted octanol–water partition coefficient (Wildman–Crippen LogP) is 3.65. The van der Waals surface area contributed by atoms with Gasteiger partial charge in [-0.1, -0.05) is 30.3 Å². The molecular formula is C19H23N3OS. The minimum absolute atomic E-state index is 0.339. The van der Waals surface area contributed by atoms with Crippen molar-refractivity contribution in [1.82, 2.24) is 14.3 Å². The van der Waals surface area contributed by atoms with Gasteiger partial charge in [-0.25, -0.2) is 4.98 Å². The molecule has 5 heteroatoms. The number of rotatable bonds is 4. The third-order valence-corrected chi connectivity index (χ3v) is 5.91. The van der Waals surface area contributed by atoms with Gasteiger partial charge in [0.2, 0.25) is 0 Å². The van der Waals surface area contributed by atoms with Gasteiger partial charge >= 0.3 is 0 Å². The highest BCUT2D eigenvalue weighted by Gasteiger charge is 2.27. The molecule has 0 radical (unpaired) electrons. The minimum Gasteiger partial charge on any atom is -0.388 e. The molecule has 1 aromatic carbocycles. The van der Waals surface area contributed by atoms with Crippen molar-refractivity contribution in [2.24, 2.45) is 5.92 Å². The number of thiazole rings is 1. The Hall–Kier alpha value is -1.69. The van der Waals surface area contributed by atoms with Crippen LogP contribution in [-0.2, 0) is 6.54 Å². The summed E-state index contributed by atoms with van der Waals surface area (Å²) in [4.78, 5) is 8.21. The molecule has 1 atom stereocenters. The largest absolute Gasteiger partial charge is 0.388 e. The maximum absolute atomic E-state index is 10.6. The molecule has 24 heavy (non-hydrogen) atoms. The monoisotopic (exact) mass is 341 g/mol. The smallest absolute Gasteiger partial charge is 0.194 e. The molecule has 4 rings (SSSR count). The molecule has 1 fully saturated rings. The van der Waals surface area contributed by atoms with Crippen molar-refractivity contribution in [2.75, 3.05) is 13.1 Å². The summed E-state index contributed by atoms with van der Waals surface area (Å²) in [6.07, 6.45) is 3.86. The lowest BCUT2D eigenvalue weighted by Gasteiger charge is -2.34. The van der Waals surface area contributed by atoms with E-state index in [1.54, 1.807) is 11.3 Å². The Morgan fingerprint density at radius 2 is 2.00 bits per heavy atom. The summed E-state index contributed by atoms with van der Waals surface area (Å²) < 4.78 is 2.21. The van der Waals surface area contributed by atoms with Crippen LogP contribution in [-0.4, -0.2) is 32.5 Å². The van der Waals surface area contributed by atoms with E-state index in [1.165, 1.54) is 5.69 Å². The molecule has 1 saturated heterocycles. The molecule has 0 amide bonds. The molecule has 0 spiro atoms. The third-order valence-electron chi connectivity index (χ3n) is 5.15. The highest BCUT2D eigenvalue weighted by molar-refractivity contribution is 7.15. The fraction of sp³-hybridized carbons (Fsp3) is 0.421. The topological polar surface area (TPSA) is 40.8 Å². The number of hydrogen-bond acceptors (Lipinski definition) is 4. The average Bonchev–Trinajstić information content (AvgIpc) is 3.18. The van der Waals surface area contributed by atoms with Gasteiger partial charge in [-0.2, -0.15) is 0 Å². The SMILES string of the molecule is Cc1nc2sccn2c1CN1CCC([C@@H](O)c2ccccc2)CC1. The van der Waals surface area contributed by atoms with E-state index >= 15 is 0 Å². The van der Waals surface area contributed by atoms with Crippen molar-refractivity contribution in [2.45, 2.75) is 32.4 Å². The summed E-state index contributed by atoms with van der Waals surface area (Å²) in [7, 11) is 0. The Bertz CT molecular complexity index is 803. The maximum Gasteiger partial charge on any atom is 0.194 e. The van der Waals surface area contributed by atoms with Crippen molar-refractivity contribution in [3.8, 4) is 0 Å². The first-order valence-corrected chi connectivity index (χ1v) is 9.47. The molecule has 0 saturated carbocycles. The standard InChI is InChI=1S/C19H23N3OS/c1-14-17(22-11-12-24-19(22)20-14)13-21-9-7-16(8-10-21)18(23)15-5-3-2-4-6-15/h2-6,11-12,16,18,23H,7-10,13H2,1H3/t18-/m0/s1. The van der Waals surface area contributed by atoms with Crippen LogP contribution in [0.1, 0.15) is 35.9 Å². The summed E-state index contributed by atoms with van der Waals surface area (Å²) in [6.45, 7) is 5.11. The zero-order chi connectivity index (χ0) is 16.5. The first kappa shape index (κ1) is 15.8. The van der Waals surface area contributed by atoms with Crippen LogP contribution in [0.25, 0.3) is 4.96 Å². The fourth-order valence-electron chi connectivity index (χ4n) is 3.69. The van der Waals surface area contributed by atoms with E-state index in [0.717, 1.165) is 48.7 Å². The number of aryl methyl sites for hydroxylation is 1. The number of nitrogens with zero attached hydrogens (tertiary/aromatic N) is 3. The van der Waals surface area contributed by atoms with E-state index in [9.17, 15) is 5.11 Å². The Morgan fingerprint density at radius 3 is 2.75 bits per heavy atom. The first-order chi connectivity index (χ1) is 11.7. The molecule has 4 nitrogen and oxygen atoms in total. The van der Waals surface area contributed by atoms with Crippen LogP contribution in [0, 0.1) is 12.8 Å². The maximum atomic E-state index is 10.6. The fourth-order valence-corrected chi connectivity index (χ4v) is 4.47. The van der Waals surface area contributed by atoms with Gasteiger partial charge in [0.05, 0.1) is 17.5 Å². The highest BCUT2D eigenvalue weighted by atomic mass is 32.1. The zero-order valence-corrected chi connectivity index (χ0v) is 14.7. The van der Waals surface area contributed by atoms with Crippen LogP contribution in [0.5, 0.6) is 0 Å². The minimum atomic E-state index is -0.339. The predicted molar refractivity (Wildman–Crippen MR) is 97.2 cm³/mol. The number of aliphatic hydroxyl groups excluding tert-OH is 1. The summed E-state index contributed by atoms with van der Waals surface area (Å²) in [5.41, 5.74) is 3.48. The lowest BCUT2D eigenvalue weighted by atomic mass is 9.87. The summed E-state index contributed by atoms with van der Waals surface area (Å²) >= 11 is 1.69. The number of imidazole rings is 1. The molecule has 126 valence electrons. The van der Waals surface area contributed by atoms with Crippen LogP contribution in [0.15, 0.2) is 41.9 Å². The van der Waals surface area contributed by atoms with Crippen LogP contribution in [0.4, 0.5) is 0 Å². The Balaban J connectivity index is 1.39. The quantitative estimate of drug-likeness (QED) is 0.787. The van der Waals surface area contributed by atoms with E-state index in [4.69, 9.17) is 0 Å². The second-order valence-electron chi connectivity index (χ2n) is 6.67. The van der Waals surface area contributed by atoms with Crippen molar-refractivity contribution in [3.63, 3.8) is 0 Å². The second-order valence-corrected chi connectivity index (χ2v) is 7.54. The van der Waals surface area contributed by atoms with Crippen LogP contribution in [0.2, 0.25) is 0 Å². The summed E-state index contributed by atoms with van der Waals surface area (Å²) in [5, 5.41) is 12.7. The van der Waals surface area contributed by atoms with E-state index in [1.807, 2.05) is 30.3 Å². The normalized spacial score (nSPS) is 18.2. The molecule has 1 N–H and O–H groups in total. The number of aliphatic hydroxyl groups is 1. The third kappa shape index (κ3) is 2.99. The molecule has 3 heterocycles. The van der Waals surface area contributed by atoms with Crippen molar-refractivity contribution in [1.29, 1.82) is 0 Å². The number of likely N-dealkylation sites (tertiary alicyclic amines) is 1. The Morgan fingerprint density at radius 1 is 1.25 bits per heavy atom. The van der Waals surface area contributed by atoms with Gasteiger partial charge in [-0.3, -0.25) is 9.30 Å². The van der Waals surface area contributed by atoms with Gasteiger partial charge in [0.1, 0.15) is 0 Å². The van der Waals surface area contributed by atoms with E-state index in [2.05, 4.69) is 32.8 Å². The average molecular weight is 341 g/mol. The van der Waals surface area contributed by atoms with Crippen molar-refractivity contribution < 1.29 is 5.11 Å².